The lowest BCUT2D eigenvalue weighted by molar-refractivity contribution is -0.0656. The molecule has 3 heterocycles. The third-order valence-electron chi connectivity index (χ3n) is 4.17. The SMILES string of the molecule is CCCCCOC[C@H]1O[C@@H](n2cnc3c(N)ncnc32)[C@H](O)[C@@H]1O. The first-order chi connectivity index (χ1) is 11.6. The van der Waals surface area contributed by atoms with E-state index < -0.39 is 24.5 Å². The number of ether oxygens (including phenoxy) is 2. The van der Waals surface area contributed by atoms with Gasteiger partial charge in [0.2, 0.25) is 0 Å². The third-order valence-corrected chi connectivity index (χ3v) is 4.17. The zero-order valence-electron chi connectivity index (χ0n) is 13.6. The molecule has 4 atom stereocenters. The van der Waals surface area contributed by atoms with Crippen LogP contribution in [-0.2, 0) is 9.47 Å². The molecule has 1 fully saturated rings. The second kappa shape index (κ2) is 7.39. The molecule has 0 aliphatic carbocycles. The molecule has 1 saturated heterocycles. The highest BCUT2D eigenvalue weighted by Crippen LogP contribution is 2.32. The molecule has 0 aromatic carbocycles. The number of aliphatic hydroxyl groups is 2. The molecule has 2 aromatic heterocycles. The molecule has 2 aromatic rings. The smallest absolute Gasteiger partial charge is 0.167 e. The lowest BCUT2D eigenvalue weighted by Gasteiger charge is -2.16. The van der Waals surface area contributed by atoms with Gasteiger partial charge in [0.1, 0.15) is 30.2 Å². The Balaban J connectivity index is 1.69. The maximum Gasteiger partial charge on any atom is 0.167 e. The molecule has 1 aliphatic heterocycles. The van der Waals surface area contributed by atoms with Gasteiger partial charge in [-0.15, -0.1) is 0 Å². The predicted octanol–water partition coefficient (Wildman–Crippen LogP) is 0.234. The molecule has 9 nitrogen and oxygen atoms in total. The number of nitrogens with zero attached hydrogens (tertiary/aromatic N) is 4. The molecule has 9 heteroatoms. The van der Waals surface area contributed by atoms with E-state index in [4.69, 9.17) is 15.2 Å². The molecule has 132 valence electrons. The summed E-state index contributed by atoms with van der Waals surface area (Å²) in [7, 11) is 0. The first-order valence-electron chi connectivity index (χ1n) is 8.15. The highest BCUT2D eigenvalue weighted by atomic mass is 16.6. The van der Waals surface area contributed by atoms with E-state index in [9.17, 15) is 10.2 Å². The van der Waals surface area contributed by atoms with Crippen LogP contribution in [-0.4, -0.2) is 61.3 Å². The highest BCUT2D eigenvalue weighted by Gasteiger charge is 2.44. The van der Waals surface area contributed by atoms with Crippen LogP contribution >= 0.6 is 0 Å². The lowest BCUT2D eigenvalue weighted by Crippen LogP contribution is -2.33. The minimum absolute atomic E-state index is 0.224. The number of fused-ring (bicyclic) bond motifs is 1. The van der Waals surface area contributed by atoms with Crippen molar-refractivity contribution >= 4 is 17.0 Å². The van der Waals surface area contributed by atoms with Gasteiger partial charge in [-0.1, -0.05) is 19.8 Å². The second-order valence-electron chi connectivity index (χ2n) is 5.91. The van der Waals surface area contributed by atoms with Crippen LogP contribution < -0.4 is 5.73 Å². The standard InChI is InChI=1S/C15H23N5O4/c1-2-3-4-5-23-6-9-11(21)12(22)15(24-9)20-8-19-10-13(16)17-7-18-14(10)20/h7-9,11-12,15,21-22H,2-6H2,1H3,(H2,16,17,18)/t9-,11-,12-,15-/m1/s1. The second-order valence-corrected chi connectivity index (χ2v) is 5.91. The largest absolute Gasteiger partial charge is 0.387 e. The minimum Gasteiger partial charge on any atom is -0.387 e. The van der Waals surface area contributed by atoms with Gasteiger partial charge in [0, 0.05) is 6.61 Å². The van der Waals surface area contributed by atoms with E-state index in [1.807, 2.05) is 0 Å². The number of aromatic nitrogens is 4. The molecule has 0 spiro atoms. The average molecular weight is 337 g/mol. The molecular weight excluding hydrogens is 314 g/mol. The van der Waals surface area contributed by atoms with E-state index in [-0.39, 0.29) is 12.4 Å². The number of nitrogens with two attached hydrogens (primary N) is 1. The average Bonchev–Trinajstić information content (AvgIpc) is 3.12. The van der Waals surface area contributed by atoms with Crippen molar-refractivity contribution in [2.24, 2.45) is 0 Å². The normalized spacial score (nSPS) is 27.1. The molecule has 0 amide bonds. The Morgan fingerprint density at radius 2 is 2.08 bits per heavy atom. The first kappa shape index (κ1) is 17.0. The van der Waals surface area contributed by atoms with Gasteiger partial charge in [-0.3, -0.25) is 4.57 Å². The van der Waals surface area contributed by atoms with Gasteiger partial charge in [-0.25, -0.2) is 15.0 Å². The Bertz CT molecular complexity index is 679. The topological polar surface area (TPSA) is 129 Å². The van der Waals surface area contributed by atoms with Crippen molar-refractivity contribution in [3.05, 3.63) is 12.7 Å². The highest BCUT2D eigenvalue weighted by molar-refractivity contribution is 5.81. The van der Waals surface area contributed by atoms with Crippen molar-refractivity contribution in [1.29, 1.82) is 0 Å². The van der Waals surface area contributed by atoms with E-state index in [1.54, 1.807) is 4.57 Å². The van der Waals surface area contributed by atoms with Crippen molar-refractivity contribution in [2.75, 3.05) is 18.9 Å². The molecule has 0 unspecified atom stereocenters. The van der Waals surface area contributed by atoms with Crippen LogP contribution in [0.15, 0.2) is 12.7 Å². The van der Waals surface area contributed by atoms with E-state index in [0.717, 1.165) is 19.3 Å². The number of unbranched alkanes of at least 4 members (excludes halogenated alkanes) is 2. The summed E-state index contributed by atoms with van der Waals surface area (Å²) >= 11 is 0. The maximum absolute atomic E-state index is 10.3. The summed E-state index contributed by atoms with van der Waals surface area (Å²) in [6.45, 7) is 2.96. The van der Waals surface area contributed by atoms with Crippen LogP contribution in [0.4, 0.5) is 5.82 Å². The zero-order valence-corrected chi connectivity index (χ0v) is 13.6. The number of aliphatic hydroxyl groups excluding tert-OH is 2. The minimum atomic E-state index is -1.11. The molecular formula is C15H23N5O4. The van der Waals surface area contributed by atoms with Gasteiger partial charge in [-0.05, 0) is 6.42 Å². The number of hydrogen-bond acceptors (Lipinski definition) is 8. The van der Waals surface area contributed by atoms with Gasteiger partial charge in [-0.2, -0.15) is 0 Å². The molecule has 0 saturated carbocycles. The Morgan fingerprint density at radius 1 is 1.25 bits per heavy atom. The van der Waals surface area contributed by atoms with Gasteiger partial charge >= 0.3 is 0 Å². The van der Waals surface area contributed by atoms with E-state index in [0.29, 0.717) is 17.8 Å². The first-order valence-corrected chi connectivity index (χ1v) is 8.15. The molecule has 4 N–H and O–H groups in total. The summed E-state index contributed by atoms with van der Waals surface area (Å²) in [6.07, 6.45) is 2.41. The zero-order chi connectivity index (χ0) is 17.1. The number of imidazole rings is 1. The Morgan fingerprint density at radius 3 is 2.88 bits per heavy atom. The summed E-state index contributed by atoms with van der Waals surface area (Å²) in [4.78, 5) is 12.2. The summed E-state index contributed by atoms with van der Waals surface area (Å²) in [5, 5.41) is 20.5. The van der Waals surface area contributed by atoms with E-state index in [2.05, 4.69) is 21.9 Å². The van der Waals surface area contributed by atoms with Crippen molar-refractivity contribution in [1.82, 2.24) is 19.5 Å². The van der Waals surface area contributed by atoms with Gasteiger partial charge < -0.3 is 25.4 Å². The predicted molar refractivity (Wildman–Crippen MR) is 86.0 cm³/mol. The van der Waals surface area contributed by atoms with Gasteiger partial charge in [0.15, 0.2) is 17.7 Å². The third kappa shape index (κ3) is 3.20. The molecule has 0 bridgehead atoms. The van der Waals surface area contributed by atoms with Crippen molar-refractivity contribution in [3.63, 3.8) is 0 Å². The van der Waals surface area contributed by atoms with Crippen LogP contribution in [0.5, 0.6) is 0 Å². The summed E-state index contributed by atoms with van der Waals surface area (Å²) in [6, 6.07) is 0. The van der Waals surface area contributed by atoms with Crippen molar-refractivity contribution in [2.45, 2.75) is 50.7 Å². The van der Waals surface area contributed by atoms with Crippen LogP contribution in [0, 0.1) is 0 Å². The lowest BCUT2D eigenvalue weighted by atomic mass is 10.1. The van der Waals surface area contributed by atoms with Crippen LogP contribution in [0.25, 0.3) is 11.2 Å². The summed E-state index contributed by atoms with van der Waals surface area (Å²) < 4.78 is 12.9. The van der Waals surface area contributed by atoms with Gasteiger partial charge in [0.05, 0.1) is 12.9 Å². The summed E-state index contributed by atoms with van der Waals surface area (Å²) in [5.74, 6) is 0.252. The van der Waals surface area contributed by atoms with Crippen molar-refractivity contribution < 1.29 is 19.7 Å². The van der Waals surface area contributed by atoms with Gasteiger partial charge in [0.25, 0.3) is 0 Å². The van der Waals surface area contributed by atoms with Crippen LogP contribution in [0.2, 0.25) is 0 Å². The Labute approximate surface area is 139 Å². The van der Waals surface area contributed by atoms with E-state index in [1.165, 1.54) is 12.7 Å². The quantitative estimate of drug-likeness (QED) is 0.613. The summed E-state index contributed by atoms with van der Waals surface area (Å²) in [5.41, 5.74) is 6.64. The van der Waals surface area contributed by atoms with Crippen molar-refractivity contribution in [3.8, 4) is 0 Å². The fourth-order valence-corrected chi connectivity index (χ4v) is 2.81. The number of rotatable bonds is 7. The number of nitrogen functional groups attached to an aromatic ring is 1. The molecule has 3 rings (SSSR count). The molecule has 24 heavy (non-hydrogen) atoms. The number of anilines is 1. The fraction of sp³-hybridized carbons (Fsp3) is 0.667. The number of hydrogen-bond donors (Lipinski definition) is 3. The monoisotopic (exact) mass is 337 g/mol. The fourth-order valence-electron chi connectivity index (χ4n) is 2.81. The van der Waals surface area contributed by atoms with Crippen LogP contribution in [0.1, 0.15) is 32.4 Å². The van der Waals surface area contributed by atoms with E-state index >= 15 is 0 Å². The Hall–Kier alpha value is -1.81. The molecule has 1 aliphatic rings. The molecule has 0 radical (unpaired) electrons. The Kier molecular flexibility index (Phi) is 5.24. The van der Waals surface area contributed by atoms with Crippen LogP contribution in [0.3, 0.4) is 0 Å². The maximum atomic E-state index is 10.3.